The van der Waals surface area contributed by atoms with Crippen molar-refractivity contribution < 1.29 is 0 Å². The lowest BCUT2D eigenvalue weighted by Crippen LogP contribution is -2.29. The highest BCUT2D eigenvalue weighted by molar-refractivity contribution is 5.48. The average molecular weight is 204 g/mol. The largest absolute Gasteiger partial charge is 0.370 e. The topological polar surface area (TPSA) is 15.3 Å². The first-order valence-electron chi connectivity index (χ1n) is 5.78. The second kappa shape index (κ2) is 4.67. The van der Waals surface area contributed by atoms with Crippen molar-refractivity contribution >= 4 is 5.69 Å². The van der Waals surface area contributed by atoms with Gasteiger partial charge in [-0.2, -0.15) is 0 Å². The van der Waals surface area contributed by atoms with Gasteiger partial charge in [0, 0.05) is 25.3 Å². The van der Waals surface area contributed by atoms with Crippen molar-refractivity contribution in [2.45, 2.75) is 13.8 Å². The van der Waals surface area contributed by atoms with Crippen LogP contribution in [0.4, 0.5) is 5.69 Å². The van der Waals surface area contributed by atoms with Crippen LogP contribution in [0.1, 0.15) is 12.5 Å². The SMILES string of the molecule is Cc1cccc(N2CCNCC(C)C2)c1. The quantitative estimate of drug-likeness (QED) is 0.753. The molecule has 2 nitrogen and oxygen atoms in total. The number of hydrogen-bond acceptors (Lipinski definition) is 2. The molecule has 1 aromatic carbocycles. The van der Waals surface area contributed by atoms with Gasteiger partial charge in [0.2, 0.25) is 0 Å². The van der Waals surface area contributed by atoms with Gasteiger partial charge in [-0.1, -0.05) is 19.1 Å². The average Bonchev–Trinajstić information content (AvgIpc) is 2.43. The molecule has 1 saturated heterocycles. The molecule has 1 aliphatic rings. The van der Waals surface area contributed by atoms with E-state index in [2.05, 4.69) is 48.3 Å². The summed E-state index contributed by atoms with van der Waals surface area (Å²) >= 11 is 0. The lowest BCUT2D eigenvalue weighted by Gasteiger charge is -2.24. The number of nitrogens with one attached hydrogen (secondary N) is 1. The molecular weight excluding hydrogens is 184 g/mol. The summed E-state index contributed by atoms with van der Waals surface area (Å²) in [7, 11) is 0. The van der Waals surface area contributed by atoms with Gasteiger partial charge in [0.05, 0.1) is 0 Å². The van der Waals surface area contributed by atoms with E-state index in [1.54, 1.807) is 0 Å². The molecule has 1 aliphatic heterocycles. The van der Waals surface area contributed by atoms with Crippen LogP contribution in [0.3, 0.4) is 0 Å². The highest BCUT2D eigenvalue weighted by atomic mass is 15.2. The lowest BCUT2D eigenvalue weighted by atomic mass is 10.1. The molecule has 0 aromatic heterocycles. The molecule has 82 valence electrons. The minimum atomic E-state index is 0.730. The Morgan fingerprint density at radius 1 is 1.40 bits per heavy atom. The van der Waals surface area contributed by atoms with Crippen LogP contribution in [0.5, 0.6) is 0 Å². The van der Waals surface area contributed by atoms with E-state index < -0.39 is 0 Å². The molecule has 2 rings (SSSR count). The van der Waals surface area contributed by atoms with Crippen LogP contribution < -0.4 is 10.2 Å². The Balaban J connectivity index is 2.14. The summed E-state index contributed by atoms with van der Waals surface area (Å²) in [6.07, 6.45) is 0. The second-order valence-corrected chi connectivity index (χ2v) is 4.59. The fraction of sp³-hybridized carbons (Fsp3) is 0.538. The van der Waals surface area contributed by atoms with E-state index in [9.17, 15) is 0 Å². The Morgan fingerprint density at radius 2 is 2.27 bits per heavy atom. The van der Waals surface area contributed by atoms with Gasteiger partial charge >= 0.3 is 0 Å². The van der Waals surface area contributed by atoms with Gasteiger partial charge < -0.3 is 10.2 Å². The molecule has 0 bridgehead atoms. The first-order valence-corrected chi connectivity index (χ1v) is 5.78. The number of hydrogen-bond donors (Lipinski definition) is 1. The van der Waals surface area contributed by atoms with Gasteiger partial charge in [0.15, 0.2) is 0 Å². The molecule has 1 unspecified atom stereocenters. The number of benzene rings is 1. The van der Waals surface area contributed by atoms with Gasteiger partial charge in [0.1, 0.15) is 0 Å². The zero-order valence-corrected chi connectivity index (χ0v) is 9.66. The zero-order valence-electron chi connectivity index (χ0n) is 9.66. The Bertz CT molecular complexity index is 322. The van der Waals surface area contributed by atoms with Crippen molar-refractivity contribution in [3.8, 4) is 0 Å². The van der Waals surface area contributed by atoms with Gasteiger partial charge in [-0.3, -0.25) is 0 Å². The molecule has 1 fully saturated rings. The molecule has 0 amide bonds. The predicted octanol–water partition coefficient (Wildman–Crippen LogP) is 2.04. The molecule has 0 radical (unpaired) electrons. The monoisotopic (exact) mass is 204 g/mol. The van der Waals surface area contributed by atoms with E-state index >= 15 is 0 Å². The third kappa shape index (κ3) is 2.72. The number of nitrogens with zero attached hydrogens (tertiary/aromatic N) is 1. The fourth-order valence-electron chi connectivity index (χ4n) is 2.15. The van der Waals surface area contributed by atoms with Crippen molar-refractivity contribution in [2.75, 3.05) is 31.1 Å². The maximum absolute atomic E-state index is 3.47. The summed E-state index contributed by atoms with van der Waals surface area (Å²) in [6.45, 7) is 8.98. The van der Waals surface area contributed by atoms with Crippen LogP contribution in [0.15, 0.2) is 24.3 Å². The molecule has 0 saturated carbocycles. The summed E-state index contributed by atoms with van der Waals surface area (Å²) in [6, 6.07) is 8.79. The van der Waals surface area contributed by atoms with E-state index in [1.165, 1.54) is 11.3 Å². The van der Waals surface area contributed by atoms with Crippen LogP contribution in [0.25, 0.3) is 0 Å². The lowest BCUT2D eigenvalue weighted by molar-refractivity contribution is 0.564. The molecule has 0 aliphatic carbocycles. The smallest absolute Gasteiger partial charge is 0.0369 e. The van der Waals surface area contributed by atoms with Crippen LogP contribution in [0.2, 0.25) is 0 Å². The van der Waals surface area contributed by atoms with Crippen molar-refractivity contribution in [1.82, 2.24) is 5.32 Å². The number of aryl methyl sites for hydroxylation is 1. The van der Waals surface area contributed by atoms with E-state index in [4.69, 9.17) is 0 Å². The molecule has 15 heavy (non-hydrogen) atoms. The summed E-state index contributed by atoms with van der Waals surface area (Å²) in [5.74, 6) is 0.730. The Kier molecular flexibility index (Phi) is 3.27. The highest BCUT2D eigenvalue weighted by Crippen LogP contribution is 2.17. The van der Waals surface area contributed by atoms with E-state index in [0.29, 0.717) is 0 Å². The molecule has 1 N–H and O–H groups in total. The maximum Gasteiger partial charge on any atom is 0.0369 e. The van der Waals surface area contributed by atoms with Crippen LogP contribution in [0, 0.1) is 12.8 Å². The maximum atomic E-state index is 3.47. The minimum absolute atomic E-state index is 0.730. The first kappa shape index (κ1) is 10.5. The summed E-state index contributed by atoms with van der Waals surface area (Å²) in [5, 5.41) is 3.47. The van der Waals surface area contributed by atoms with Crippen molar-refractivity contribution in [3.63, 3.8) is 0 Å². The molecule has 0 spiro atoms. The summed E-state index contributed by atoms with van der Waals surface area (Å²) in [4.78, 5) is 2.48. The highest BCUT2D eigenvalue weighted by Gasteiger charge is 2.14. The van der Waals surface area contributed by atoms with Gasteiger partial charge in [-0.25, -0.2) is 0 Å². The third-order valence-electron chi connectivity index (χ3n) is 2.95. The van der Waals surface area contributed by atoms with Gasteiger partial charge in [-0.05, 0) is 37.1 Å². The van der Waals surface area contributed by atoms with Crippen LogP contribution in [-0.4, -0.2) is 26.2 Å². The fourth-order valence-corrected chi connectivity index (χ4v) is 2.15. The van der Waals surface area contributed by atoms with Crippen LogP contribution in [-0.2, 0) is 0 Å². The van der Waals surface area contributed by atoms with Crippen molar-refractivity contribution in [3.05, 3.63) is 29.8 Å². The normalized spacial score (nSPS) is 22.5. The Morgan fingerprint density at radius 3 is 3.07 bits per heavy atom. The molecule has 1 atom stereocenters. The first-order chi connectivity index (χ1) is 7.25. The molecular formula is C13H20N2. The van der Waals surface area contributed by atoms with E-state index in [0.717, 1.165) is 32.1 Å². The summed E-state index contributed by atoms with van der Waals surface area (Å²) < 4.78 is 0. The second-order valence-electron chi connectivity index (χ2n) is 4.59. The third-order valence-corrected chi connectivity index (χ3v) is 2.95. The molecule has 1 heterocycles. The van der Waals surface area contributed by atoms with E-state index in [-0.39, 0.29) is 0 Å². The molecule has 1 aromatic rings. The van der Waals surface area contributed by atoms with E-state index in [1.807, 2.05) is 0 Å². The van der Waals surface area contributed by atoms with Gasteiger partial charge in [0.25, 0.3) is 0 Å². The van der Waals surface area contributed by atoms with Crippen molar-refractivity contribution in [2.24, 2.45) is 5.92 Å². The van der Waals surface area contributed by atoms with Crippen LogP contribution >= 0.6 is 0 Å². The summed E-state index contributed by atoms with van der Waals surface area (Å²) in [5.41, 5.74) is 2.71. The van der Waals surface area contributed by atoms with Gasteiger partial charge in [-0.15, -0.1) is 0 Å². The Labute approximate surface area is 92.3 Å². The van der Waals surface area contributed by atoms with Crippen molar-refractivity contribution in [1.29, 1.82) is 0 Å². The minimum Gasteiger partial charge on any atom is -0.370 e. The Hall–Kier alpha value is -1.02. The number of rotatable bonds is 1. The predicted molar refractivity (Wildman–Crippen MR) is 65.4 cm³/mol. The standard InChI is InChI=1S/C13H20N2/c1-11-4-3-5-13(8-11)15-7-6-14-9-12(2)10-15/h3-5,8,12,14H,6-7,9-10H2,1-2H3. The number of anilines is 1. The zero-order chi connectivity index (χ0) is 10.7. The molecule has 2 heteroatoms.